The van der Waals surface area contributed by atoms with E-state index < -0.39 is 12.0 Å². The quantitative estimate of drug-likeness (QED) is 0.635. The lowest BCUT2D eigenvalue weighted by Gasteiger charge is -2.28. The van der Waals surface area contributed by atoms with E-state index in [1.165, 1.54) is 7.11 Å². The molecule has 8 heteroatoms. The maximum absolute atomic E-state index is 12.4. The molecule has 0 aliphatic carbocycles. The number of carbonyl (C=O) groups excluding carboxylic acids is 1. The molecule has 0 saturated heterocycles. The fourth-order valence-electron chi connectivity index (χ4n) is 2.84. The molecule has 0 bridgehead atoms. The topological polar surface area (TPSA) is 91.2 Å². The molecule has 1 N–H and O–H groups in total. The summed E-state index contributed by atoms with van der Waals surface area (Å²) in [5.41, 5.74) is 1.92. The number of ether oxygens (including phenoxy) is 2. The maximum atomic E-state index is 12.4. The number of hydrogen-bond acceptors (Lipinski definition) is 7. The number of rotatable bonds is 6. The minimum atomic E-state index is -0.517. The third kappa shape index (κ3) is 3.19. The van der Waals surface area contributed by atoms with E-state index in [4.69, 9.17) is 9.47 Å². The Morgan fingerprint density at radius 1 is 1.36 bits per heavy atom. The van der Waals surface area contributed by atoms with E-state index in [1.807, 2.05) is 24.3 Å². The van der Waals surface area contributed by atoms with Gasteiger partial charge in [-0.1, -0.05) is 36.6 Å². The van der Waals surface area contributed by atoms with Gasteiger partial charge in [0.1, 0.15) is 11.8 Å². The zero-order valence-corrected chi connectivity index (χ0v) is 14.5. The van der Waals surface area contributed by atoms with Crippen molar-refractivity contribution in [3.05, 3.63) is 41.1 Å². The molecule has 0 spiro atoms. The Morgan fingerprint density at radius 3 is 2.92 bits per heavy atom. The minimum absolute atomic E-state index is 0.431. The van der Waals surface area contributed by atoms with Gasteiger partial charge in [0.25, 0.3) is 0 Å². The number of unbranched alkanes of at least 4 members (excludes halogenated alkanes) is 1. The summed E-state index contributed by atoms with van der Waals surface area (Å²) in [5, 5.41) is 14.8. The summed E-state index contributed by atoms with van der Waals surface area (Å²) in [6.07, 6.45) is 1.99. The number of esters is 1. The molecule has 2 aromatic rings. The first-order valence-corrected chi connectivity index (χ1v) is 8.23. The van der Waals surface area contributed by atoms with Crippen LogP contribution >= 0.6 is 0 Å². The molecule has 132 valence electrons. The summed E-state index contributed by atoms with van der Waals surface area (Å²) in [4.78, 5) is 12.4. The van der Waals surface area contributed by atoms with Crippen molar-refractivity contribution in [3.63, 3.8) is 0 Å². The van der Waals surface area contributed by atoms with Crippen LogP contribution in [0.25, 0.3) is 0 Å². The Kier molecular flexibility index (Phi) is 4.97. The van der Waals surface area contributed by atoms with Gasteiger partial charge in [-0.05, 0) is 29.8 Å². The lowest BCUT2D eigenvalue weighted by molar-refractivity contribution is -0.136. The van der Waals surface area contributed by atoms with Crippen molar-refractivity contribution in [1.29, 1.82) is 0 Å². The van der Waals surface area contributed by atoms with E-state index in [2.05, 4.69) is 27.8 Å². The molecule has 1 aliphatic heterocycles. The van der Waals surface area contributed by atoms with E-state index in [9.17, 15) is 4.79 Å². The third-order valence-corrected chi connectivity index (χ3v) is 4.09. The van der Waals surface area contributed by atoms with Crippen LogP contribution in [0.15, 0.2) is 35.5 Å². The first kappa shape index (κ1) is 16.9. The molecule has 0 unspecified atom stereocenters. The molecule has 0 amide bonds. The highest BCUT2D eigenvalue weighted by atomic mass is 16.5. The highest BCUT2D eigenvalue weighted by molar-refractivity contribution is 5.92. The summed E-state index contributed by atoms with van der Waals surface area (Å²) in [6.45, 7) is 4.52. The van der Waals surface area contributed by atoms with E-state index in [-0.39, 0.29) is 0 Å². The van der Waals surface area contributed by atoms with E-state index in [0.717, 1.165) is 18.4 Å². The second-order valence-electron chi connectivity index (χ2n) is 5.74. The van der Waals surface area contributed by atoms with Gasteiger partial charge in [0.2, 0.25) is 5.95 Å². The molecule has 2 heterocycles. The number of nitrogens with one attached hydrogen (secondary N) is 1. The number of nitrogens with zero attached hydrogens (tertiary/aromatic N) is 4. The number of fused-ring (bicyclic) bond motifs is 1. The Balaban J connectivity index is 2.09. The van der Waals surface area contributed by atoms with Crippen molar-refractivity contribution in [3.8, 4) is 5.75 Å². The van der Waals surface area contributed by atoms with Crippen LogP contribution in [-0.2, 0) is 9.53 Å². The number of para-hydroxylation sites is 1. The summed E-state index contributed by atoms with van der Waals surface area (Å²) < 4.78 is 12.5. The van der Waals surface area contributed by atoms with Crippen molar-refractivity contribution in [2.45, 2.75) is 32.7 Å². The highest BCUT2D eigenvalue weighted by Gasteiger charge is 2.36. The molecule has 0 fully saturated rings. The van der Waals surface area contributed by atoms with Crippen LogP contribution in [0.3, 0.4) is 0 Å². The number of carbonyl (C=O) groups is 1. The lowest BCUT2D eigenvalue weighted by atomic mass is 9.95. The van der Waals surface area contributed by atoms with Gasteiger partial charge in [-0.2, -0.15) is 4.68 Å². The third-order valence-electron chi connectivity index (χ3n) is 4.09. The number of hydrogen-bond donors (Lipinski definition) is 1. The predicted octanol–water partition coefficient (Wildman–Crippen LogP) is 2.31. The molecule has 25 heavy (non-hydrogen) atoms. The molecular weight excluding hydrogens is 322 g/mol. The molecule has 8 nitrogen and oxygen atoms in total. The fraction of sp³-hybridized carbons (Fsp3) is 0.412. The summed E-state index contributed by atoms with van der Waals surface area (Å²) in [6, 6.07) is 7.09. The normalized spacial score (nSPS) is 16.2. The Labute approximate surface area is 145 Å². The lowest BCUT2D eigenvalue weighted by Crippen LogP contribution is -2.29. The highest BCUT2D eigenvalue weighted by Crippen LogP contribution is 2.38. The van der Waals surface area contributed by atoms with Crippen molar-refractivity contribution in [1.82, 2.24) is 20.2 Å². The number of anilines is 1. The number of benzene rings is 1. The average Bonchev–Trinajstić information content (AvgIpc) is 3.08. The van der Waals surface area contributed by atoms with Crippen LogP contribution in [-0.4, -0.2) is 39.9 Å². The van der Waals surface area contributed by atoms with Crippen LogP contribution in [0, 0.1) is 0 Å². The van der Waals surface area contributed by atoms with Gasteiger partial charge in [0, 0.05) is 11.3 Å². The SMILES string of the molecule is CCCCOc1ccccc1[C@@H]1C(C(=O)OC)=C(C)Nc2nnnn21. The summed E-state index contributed by atoms with van der Waals surface area (Å²) in [5.74, 6) is 0.747. The van der Waals surface area contributed by atoms with Crippen LogP contribution in [0.1, 0.15) is 38.3 Å². The zero-order chi connectivity index (χ0) is 17.8. The fourth-order valence-corrected chi connectivity index (χ4v) is 2.84. The first-order valence-electron chi connectivity index (χ1n) is 8.23. The van der Waals surface area contributed by atoms with Crippen molar-refractivity contribution in [2.24, 2.45) is 0 Å². The largest absolute Gasteiger partial charge is 0.493 e. The van der Waals surface area contributed by atoms with Crippen LogP contribution in [0.4, 0.5) is 5.95 Å². The monoisotopic (exact) mass is 343 g/mol. The molecule has 1 aromatic carbocycles. The van der Waals surface area contributed by atoms with Crippen molar-refractivity contribution >= 4 is 11.9 Å². The van der Waals surface area contributed by atoms with E-state index >= 15 is 0 Å². The standard InChI is InChI=1S/C17H21N5O3/c1-4-5-10-25-13-9-7-6-8-12(13)15-14(16(23)24-3)11(2)18-17-19-20-21-22(15)17/h6-9,15H,4-5,10H2,1-3H3,(H,18,19,21)/t15-/m1/s1. The zero-order valence-electron chi connectivity index (χ0n) is 14.5. The van der Waals surface area contributed by atoms with Crippen molar-refractivity contribution in [2.75, 3.05) is 19.0 Å². The van der Waals surface area contributed by atoms with Crippen LogP contribution in [0.2, 0.25) is 0 Å². The summed E-state index contributed by atoms with van der Waals surface area (Å²) in [7, 11) is 1.36. The first-order chi connectivity index (χ1) is 12.2. The van der Waals surface area contributed by atoms with Gasteiger partial charge in [-0.25, -0.2) is 4.79 Å². The maximum Gasteiger partial charge on any atom is 0.338 e. The molecule has 1 atom stereocenters. The van der Waals surface area contributed by atoms with Gasteiger partial charge in [0.05, 0.1) is 19.3 Å². The van der Waals surface area contributed by atoms with Gasteiger partial charge in [-0.3, -0.25) is 0 Å². The molecule has 1 aromatic heterocycles. The van der Waals surface area contributed by atoms with Gasteiger partial charge in [0.15, 0.2) is 0 Å². The molecular formula is C17H21N5O3. The molecule has 3 rings (SSSR count). The average molecular weight is 343 g/mol. The Hall–Kier alpha value is -2.90. The van der Waals surface area contributed by atoms with Crippen LogP contribution in [0.5, 0.6) is 5.75 Å². The van der Waals surface area contributed by atoms with E-state index in [1.54, 1.807) is 11.6 Å². The number of tetrazole rings is 1. The summed E-state index contributed by atoms with van der Waals surface area (Å²) >= 11 is 0. The second kappa shape index (κ2) is 7.33. The number of methoxy groups -OCH3 is 1. The predicted molar refractivity (Wildman–Crippen MR) is 91.1 cm³/mol. The van der Waals surface area contributed by atoms with Gasteiger partial charge < -0.3 is 14.8 Å². The van der Waals surface area contributed by atoms with Crippen LogP contribution < -0.4 is 10.1 Å². The van der Waals surface area contributed by atoms with E-state index in [0.29, 0.717) is 29.6 Å². The van der Waals surface area contributed by atoms with Gasteiger partial charge >= 0.3 is 5.97 Å². The Bertz CT molecular complexity index is 799. The minimum Gasteiger partial charge on any atom is -0.493 e. The van der Waals surface area contributed by atoms with Gasteiger partial charge in [-0.15, -0.1) is 0 Å². The Morgan fingerprint density at radius 2 is 2.16 bits per heavy atom. The second-order valence-corrected chi connectivity index (χ2v) is 5.74. The number of aromatic nitrogens is 4. The van der Waals surface area contributed by atoms with Crippen molar-refractivity contribution < 1.29 is 14.3 Å². The molecule has 1 aliphatic rings. The number of allylic oxidation sites excluding steroid dienone is 1. The molecule has 0 radical (unpaired) electrons. The smallest absolute Gasteiger partial charge is 0.338 e. The molecule has 0 saturated carbocycles.